The highest BCUT2D eigenvalue weighted by atomic mass is 16.6. The van der Waals surface area contributed by atoms with Crippen LogP contribution in [-0.2, 0) is 9.47 Å². The van der Waals surface area contributed by atoms with Gasteiger partial charge in [0, 0.05) is 12.4 Å². The molecule has 0 saturated carbocycles. The number of cyclic esters (lactones) is 2. The molecule has 1 N–H and O–H groups in total. The molecule has 2 aromatic rings. The van der Waals surface area contributed by atoms with E-state index in [0.717, 1.165) is 0 Å². The maximum atomic E-state index is 12.2. The van der Waals surface area contributed by atoms with E-state index in [0.29, 0.717) is 24.8 Å². The van der Waals surface area contributed by atoms with Gasteiger partial charge in [-0.05, 0) is 24.0 Å². The average molecular weight is 427 g/mol. The molecule has 11 nitrogen and oxygen atoms in total. The third-order valence-electron chi connectivity index (χ3n) is 5.32. The summed E-state index contributed by atoms with van der Waals surface area (Å²) < 4.78 is 10.4. The van der Waals surface area contributed by atoms with Crippen LogP contribution < -0.4 is 15.1 Å². The number of nitrogens with zero attached hydrogens (tertiary/aromatic N) is 6. The minimum atomic E-state index is -0.465. The van der Waals surface area contributed by atoms with Crippen LogP contribution in [-0.4, -0.2) is 57.4 Å². The molecule has 31 heavy (non-hydrogen) atoms. The number of carbonyl (C=O) groups is 2. The third kappa shape index (κ3) is 4.07. The molecule has 0 radical (unpaired) electrons. The molecular weight excluding hydrogens is 402 g/mol. The van der Waals surface area contributed by atoms with E-state index in [9.17, 15) is 9.59 Å². The molecule has 2 aliphatic rings. The smallest absolute Gasteiger partial charge is 0.417 e. The first-order valence-corrected chi connectivity index (χ1v) is 10.2. The molecule has 2 aromatic heterocycles. The lowest BCUT2D eigenvalue weighted by Gasteiger charge is -2.23. The van der Waals surface area contributed by atoms with E-state index in [1.165, 1.54) is 9.80 Å². The van der Waals surface area contributed by atoms with Gasteiger partial charge in [-0.3, -0.25) is 0 Å². The second-order valence-electron chi connectivity index (χ2n) is 8.13. The van der Waals surface area contributed by atoms with Crippen LogP contribution in [0.4, 0.5) is 33.1 Å². The van der Waals surface area contributed by atoms with Gasteiger partial charge in [0.25, 0.3) is 0 Å². The number of aromatic nitrogens is 4. The monoisotopic (exact) mass is 427 g/mol. The zero-order chi connectivity index (χ0) is 22.1. The summed E-state index contributed by atoms with van der Waals surface area (Å²) in [5.74, 6) is 1.77. The van der Waals surface area contributed by atoms with Crippen molar-refractivity contribution in [2.24, 2.45) is 11.8 Å². The molecule has 0 aliphatic carbocycles. The number of hydrogen-bond acceptors (Lipinski definition) is 9. The molecule has 164 valence electrons. The fraction of sp³-hybridized carbons (Fsp3) is 0.500. The molecule has 4 heterocycles. The van der Waals surface area contributed by atoms with Gasteiger partial charge in [0.2, 0.25) is 11.9 Å². The molecular formula is C20H25N7O4. The van der Waals surface area contributed by atoms with Crippen molar-refractivity contribution in [2.45, 2.75) is 39.8 Å². The molecule has 2 saturated heterocycles. The molecule has 0 spiro atoms. The van der Waals surface area contributed by atoms with E-state index >= 15 is 0 Å². The Labute approximate surface area is 179 Å². The lowest BCUT2D eigenvalue weighted by molar-refractivity contribution is 0.176. The second-order valence-corrected chi connectivity index (χ2v) is 8.13. The largest absolute Gasteiger partial charge is 0.447 e. The third-order valence-corrected chi connectivity index (χ3v) is 5.32. The maximum absolute atomic E-state index is 12.2. The number of rotatable bonds is 6. The van der Waals surface area contributed by atoms with Crippen molar-refractivity contribution < 1.29 is 19.1 Å². The molecule has 0 aromatic carbocycles. The summed E-state index contributed by atoms with van der Waals surface area (Å²) in [5.41, 5.74) is 0. The normalized spacial score (nSPS) is 21.1. The fourth-order valence-corrected chi connectivity index (χ4v) is 3.51. The predicted molar refractivity (Wildman–Crippen MR) is 112 cm³/mol. The van der Waals surface area contributed by atoms with E-state index in [4.69, 9.17) is 9.47 Å². The number of anilines is 4. The van der Waals surface area contributed by atoms with Crippen molar-refractivity contribution in [3.8, 4) is 0 Å². The first kappa shape index (κ1) is 20.8. The minimum absolute atomic E-state index is 0.137. The first-order valence-electron chi connectivity index (χ1n) is 10.2. The summed E-state index contributed by atoms with van der Waals surface area (Å²) in [6.07, 6.45) is 2.19. The van der Waals surface area contributed by atoms with E-state index in [-0.39, 0.29) is 35.8 Å². The number of nitrogens with one attached hydrogen (secondary N) is 1. The first-order chi connectivity index (χ1) is 14.8. The zero-order valence-electron chi connectivity index (χ0n) is 17.8. The molecule has 2 unspecified atom stereocenters. The zero-order valence-corrected chi connectivity index (χ0v) is 17.8. The van der Waals surface area contributed by atoms with Crippen LogP contribution >= 0.6 is 0 Å². The molecule has 4 rings (SSSR count). The summed E-state index contributed by atoms with van der Waals surface area (Å²) in [6.45, 7) is 8.65. The Hall–Kier alpha value is -3.50. The van der Waals surface area contributed by atoms with Gasteiger partial charge in [0.1, 0.15) is 24.8 Å². The average Bonchev–Trinajstić information content (AvgIpc) is 3.31. The Morgan fingerprint density at radius 1 is 0.839 bits per heavy atom. The Balaban J connectivity index is 1.57. The summed E-state index contributed by atoms with van der Waals surface area (Å²) in [6, 6.07) is 3.06. The van der Waals surface area contributed by atoms with Gasteiger partial charge >= 0.3 is 12.2 Å². The highest BCUT2D eigenvalue weighted by Gasteiger charge is 2.39. The van der Waals surface area contributed by atoms with Gasteiger partial charge in [-0.25, -0.2) is 29.4 Å². The van der Waals surface area contributed by atoms with Crippen molar-refractivity contribution in [1.29, 1.82) is 0 Å². The van der Waals surface area contributed by atoms with Gasteiger partial charge in [0.05, 0.1) is 12.1 Å². The van der Waals surface area contributed by atoms with Crippen LogP contribution in [0.5, 0.6) is 0 Å². The summed E-state index contributed by atoms with van der Waals surface area (Å²) in [7, 11) is 0. The molecule has 2 atom stereocenters. The summed E-state index contributed by atoms with van der Waals surface area (Å²) in [5, 5.41) is 3.09. The van der Waals surface area contributed by atoms with Gasteiger partial charge < -0.3 is 14.8 Å². The van der Waals surface area contributed by atoms with Crippen LogP contribution in [0.2, 0.25) is 0 Å². The molecule has 11 heteroatoms. The van der Waals surface area contributed by atoms with Gasteiger partial charge in [-0.2, -0.15) is 9.97 Å². The molecule has 0 bridgehead atoms. The Bertz CT molecular complexity index is 906. The maximum Gasteiger partial charge on any atom is 0.417 e. The number of amides is 2. The summed E-state index contributed by atoms with van der Waals surface area (Å²) in [4.78, 5) is 44.7. The van der Waals surface area contributed by atoms with Crippen molar-refractivity contribution >= 4 is 35.7 Å². The number of ether oxygens (including phenoxy) is 2. The van der Waals surface area contributed by atoms with Crippen molar-refractivity contribution in [3.05, 3.63) is 24.5 Å². The highest BCUT2D eigenvalue weighted by molar-refractivity contribution is 5.89. The molecule has 2 fully saturated rings. The fourth-order valence-electron chi connectivity index (χ4n) is 3.51. The minimum Gasteiger partial charge on any atom is -0.447 e. The topological polar surface area (TPSA) is 123 Å². The Morgan fingerprint density at radius 3 is 1.65 bits per heavy atom. The van der Waals surface area contributed by atoms with Crippen LogP contribution in [0.15, 0.2) is 24.5 Å². The van der Waals surface area contributed by atoms with Gasteiger partial charge in [-0.1, -0.05) is 27.7 Å². The SMILES string of the molecule is CC(C)C1COC(=O)N1c1nccc(Nc2ccnc(N3C(=O)OCC3C(C)C)n2)n1. The quantitative estimate of drug-likeness (QED) is 0.741. The lowest BCUT2D eigenvalue weighted by atomic mass is 10.1. The van der Waals surface area contributed by atoms with E-state index in [2.05, 4.69) is 25.3 Å². The van der Waals surface area contributed by atoms with E-state index in [1.807, 2.05) is 27.7 Å². The van der Waals surface area contributed by atoms with Gasteiger partial charge in [-0.15, -0.1) is 0 Å². The van der Waals surface area contributed by atoms with Crippen LogP contribution in [0.25, 0.3) is 0 Å². The second kappa shape index (κ2) is 8.32. The van der Waals surface area contributed by atoms with E-state index in [1.54, 1.807) is 24.5 Å². The molecule has 2 amide bonds. The van der Waals surface area contributed by atoms with Crippen molar-refractivity contribution in [3.63, 3.8) is 0 Å². The molecule has 2 aliphatic heterocycles. The van der Waals surface area contributed by atoms with Crippen LogP contribution in [0.1, 0.15) is 27.7 Å². The highest BCUT2D eigenvalue weighted by Crippen LogP contribution is 2.27. The number of carbonyl (C=O) groups excluding carboxylic acids is 2. The van der Waals surface area contributed by atoms with Crippen molar-refractivity contribution in [2.75, 3.05) is 28.3 Å². The van der Waals surface area contributed by atoms with Crippen LogP contribution in [0, 0.1) is 11.8 Å². The Morgan fingerprint density at radius 2 is 1.26 bits per heavy atom. The van der Waals surface area contributed by atoms with E-state index < -0.39 is 12.2 Å². The summed E-state index contributed by atoms with van der Waals surface area (Å²) >= 11 is 0. The lowest BCUT2D eigenvalue weighted by Crippen LogP contribution is -2.38. The van der Waals surface area contributed by atoms with Crippen LogP contribution in [0.3, 0.4) is 0 Å². The van der Waals surface area contributed by atoms with Crippen molar-refractivity contribution in [1.82, 2.24) is 19.9 Å². The predicted octanol–water partition coefficient (Wildman–Crippen LogP) is 2.97. The standard InChI is InChI=1S/C20H25N7O4/c1-11(2)13-9-30-19(28)26(13)17-21-7-5-15(24-17)23-16-6-8-22-18(25-16)27-14(12(3)4)10-31-20(27)29/h5-8,11-14H,9-10H2,1-4H3,(H,21,22,23,24,25). The number of hydrogen-bond donors (Lipinski definition) is 1. The Kier molecular flexibility index (Phi) is 5.57. The van der Waals surface area contributed by atoms with Gasteiger partial charge in [0.15, 0.2) is 0 Å².